The Hall–Kier alpha value is -1.03. The van der Waals surface area contributed by atoms with Gasteiger partial charge in [-0.2, -0.15) is 0 Å². The molecule has 0 unspecified atom stereocenters. The van der Waals surface area contributed by atoms with E-state index in [1.54, 1.807) is 0 Å². The minimum atomic E-state index is -0.0843. The first-order valence-electron chi connectivity index (χ1n) is 5.48. The van der Waals surface area contributed by atoms with Crippen molar-refractivity contribution in [1.82, 2.24) is 10.6 Å². The standard InChI is InChI=1S/C12H17BrN2O/c1-2-8-14-12(16)15-9-7-10-3-5-11(13)6-4-10/h3-6H,2,7-9H2,1H3,(H2,14,15,16). The van der Waals surface area contributed by atoms with Crippen LogP contribution in [0.2, 0.25) is 0 Å². The average Bonchev–Trinajstić information content (AvgIpc) is 2.29. The van der Waals surface area contributed by atoms with Crippen LogP contribution in [0, 0.1) is 0 Å². The summed E-state index contributed by atoms with van der Waals surface area (Å²) in [6.07, 6.45) is 1.81. The van der Waals surface area contributed by atoms with Gasteiger partial charge in [0.15, 0.2) is 0 Å². The lowest BCUT2D eigenvalue weighted by atomic mass is 10.1. The summed E-state index contributed by atoms with van der Waals surface area (Å²) < 4.78 is 1.07. The van der Waals surface area contributed by atoms with E-state index < -0.39 is 0 Å². The maximum atomic E-state index is 11.2. The molecule has 1 aromatic rings. The SMILES string of the molecule is CCCNC(=O)NCCc1ccc(Br)cc1. The Morgan fingerprint density at radius 2 is 1.81 bits per heavy atom. The van der Waals surface area contributed by atoms with Gasteiger partial charge >= 0.3 is 6.03 Å². The number of nitrogens with one attached hydrogen (secondary N) is 2. The molecular formula is C12H17BrN2O. The molecule has 16 heavy (non-hydrogen) atoms. The van der Waals surface area contributed by atoms with Gasteiger partial charge in [0.05, 0.1) is 0 Å². The number of urea groups is 1. The molecule has 0 spiro atoms. The Balaban J connectivity index is 2.20. The van der Waals surface area contributed by atoms with Gasteiger partial charge in [-0.15, -0.1) is 0 Å². The zero-order chi connectivity index (χ0) is 11.8. The first kappa shape index (κ1) is 13.0. The number of hydrogen-bond acceptors (Lipinski definition) is 1. The van der Waals surface area contributed by atoms with Crippen LogP contribution in [-0.4, -0.2) is 19.1 Å². The highest BCUT2D eigenvalue weighted by Crippen LogP contribution is 2.10. The third-order valence-corrected chi connectivity index (χ3v) is 2.68. The summed E-state index contributed by atoms with van der Waals surface area (Å²) in [6, 6.07) is 8.03. The van der Waals surface area contributed by atoms with Crippen LogP contribution in [0.25, 0.3) is 0 Å². The van der Waals surface area contributed by atoms with Crippen molar-refractivity contribution in [2.24, 2.45) is 0 Å². The molecule has 0 aliphatic carbocycles. The molecule has 3 nitrogen and oxygen atoms in total. The van der Waals surface area contributed by atoms with Crippen molar-refractivity contribution in [3.63, 3.8) is 0 Å². The molecule has 1 aromatic carbocycles. The third-order valence-electron chi connectivity index (χ3n) is 2.15. The Morgan fingerprint density at radius 3 is 2.44 bits per heavy atom. The molecule has 0 radical (unpaired) electrons. The van der Waals surface area contributed by atoms with Crippen LogP contribution in [0.15, 0.2) is 28.7 Å². The lowest BCUT2D eigenvalue weighted by molar-refractivity contribution is 0.241. The molecular weight excluding hydrogens is 268 g/mol. The predicted octanol–water partition coefficient (Wildman–Crippen LogP) is 2.70. The number of rotatable bonds is 5. The second kappa shape index (κ2) is 7.28. The molecule has 0 bridgehead atoms. The van der Waals surface area contributed by atoms with E-state index in [1.165, 1.54) is 5.56 Å². The third kappa shape index (κ3) is 5.16. The fourth-order valence-corrected chi connectivity index (χ4v) is 1.54. The summed E-state index contributed by atoms with van der Waals surface area (Å²) in [5.41, 5.74) is 1.22. The van der Waals surface area contributed by atoms with Gasteiger partial charge in [0.2, 0.25) is 0 Å². The minimum absolute atomic E-state index is 0.0843. The first-order chi connectivity index (χ1) is 7.72. The lowest BCUT2D eigenvalue weighted by Crippen LogP contribution is -2.36. The highest BCUT2D eigenvalue weighted by Gasteiger charge is 1.98. The second-order valence-electron chi connectivity index (χ2n) is 3.56. The van der Waals surface area contributed by atoms with Gasteiger partial charge in [0, 0.05) is 17.6 Å². The summed E-state index contributed by atoms with van der Waals surface area (Å²) in [5, 5.41) is 5.59. The van der Waals surface area contributed by atoms with Crippen LogP contribution < -0.4 is 10.6 Å². The van der Waals surface area contributed by atoms with Crippen molar-refractivity contribution in [3.8, 4) is 0 Å². The zero-order valence-corrected chi connectivity index (χ0v) is 11.0. The molecule has 0 saturated carbocycles. The van der Waals surface area contributed by atoms with Crippen molar-refractivity contribution in [2.45, 2.75) is 19.8 Å². The van der Waals surface area contributed by atoms with Crippen LogP contribution in [-0.2, 0) is 6.42 Å². The second-order valence-corrected chi connectivity index (χ2v) is 4.47. The molecule has 0 atom stereocenters. The zero-order valence-electron chi connectivity index (χ0n) is 9.42. The maximum Gasteiger partial charge on any atom is 0.314 e. The molecule has 2 N–H and O–H groups in total. The lowest BCUT2D eigenvalue weighted by Gasteiger charge is -2.06. The van der Waals surface area contributed by atoms with E-state index in [1.807, 2.05) is 19.1 Å². The van der Waals surface area contributed by atoms with E-state index in [0.29, 0.717) is 6.54 Å². The number of carbonyl (C=O) groups excluding carboxylic acids is 1. The van der Waals surface area contributed by atoms with Gasteiger partial charge in [-0.25, -0.2) is 4.79 Å². The summed E-state index contributed by atoms with van der Waals surface area (Å²) >= 11 is 3.39. The monoisotopic (exact) mass is 284 g/mol. The number of amides is 2. The van der Waals surface area contributed by atoms with E-state index in [4.69, 9.17) is 0 Å². The van der Waals surface area contributed by atoms with E-state index in [9.17, 15) is 4.79 Å². The number of carbonyl (C=O) groups is 1. The minimum Gasteiger partial charge on any atom is -0.338 e. The van der Waals surface area contributed by atoms with Gasteiger partial charge < -0.3 is 10.6 Å². The number of benzene rings is 1. The molecule has 0 heterocycles. The van der Waals surface area contributed by atoms with Crippen LogP contribution >= 0.6 is 15.9 Å². The van der Waals surface area contributed by atoms with Crippen LogP contribution in [0.4, 0.5) is 4.79 Å². The van der Waals surface area contributed by atoms with E-state index >= 15 is 0 Å². The van der Waals surface area contributed by atoms with Crippen LogP contribution in [0.1, 0.15) is 18.9 Å². The van der Waals surface area contributed by atoms with Gasteiger partial charge in [-0.1, -0.05) is 35.0 Å². The quantitative estimate of drug-likeness (QED) is 0.858. The summed E-state index contributed by atoms with van der Waals surface area (Å²) in [4.78, 5) is 11.2. The summed E-state index contributed by atoms with van der Waals surface area (Å²) in [6.45, 7) is 3.42. The van der Waals surface area contributed by atoms with Gasteiger partial charge in [-0.05, 0) is 30.5 Å². The largest absolute Gasteiger partial charge is 0.338 e. The van der Waals surface area contributed by atoms with Gasteiger partial charge in [0.1, 0.15) is 0 Å². The topological polar surface area (TPSA) is 41.1 Å². The molecule has 0 fully saturated rings. The maximum absolute atomic E-state index is 11.2. The number of halogens is 1. The summed E-state index contributed by atoms with van der Waals surface area (Å²) in [7, 11) is 0. The van der Waals surface area contributed by atoms with Crippen molar-refractivity contribution >= 4 is 22.0 Å². The fourth-order valence-electron chi connectivity index (χ4n) is 1.27. The van der Waals surface area contributed by atoms with E-state index in [0.717, 1.165) is 23.9 Å². The highest BCUT2D eigenvalue weighted by atomic mass is 79.9. The molecule has 0 aliphatic heterocycles. The highest BCUT2D eigenvalue weighted by molar-refractivity contribution is 9.10. The normalized spacial score (nSPS) is 9.88. The average molecular weight is 285 g/mol. The Labute approximate surface area is 105 Å². The summed E-state index contributed by atoms with van der Waals surface area (Å²) in [5.74, 6) is 0. The molecule has 1 rings (SSSR count). The van der Waals surface area contributed by atoms with Crippen molar-refractivity contribution in [3.05, 3.63) is 34.3 Å². The van der Waals surface area contributed by atoms with E-state index in [-0.39, 0.29) is 6.03 Å². The molecule has 4 heteroatoms. The smallest absolute Gasteiger partial charge is 0.314 e. The van der Waals surface area contributed by atoms with E-state index in [2.05, 4.69) is 38.7 Å². The molecule has 0 aliphatic rings. The van der Waals surface area contributed by atoms with Crippen molar-refractivity contribution in [2.75, 3.05) is 13.1 Å². The Morgan fingerprint density at radius 1 is 1.19 bits per heavy atom. The molecule has 88 valence electrons. The van der Waals surface area contributed by atoms with Crippen molar-refractivity contribution in [1.29, 1.82) is 0 Å². The fraction of sp³-hybridized carbons (Fsp3) is 0.417. The Bertz CT molecular complexity index is 324. The van der Waals surface area contributed by atoms with Crippen molar-refractivity contribution < 1.29 is 4.79 Å². The molecule has 0 saturated heterocycles. The first-order valence-corrected chi connectivity index (χ1v) is 6.28. The van der Waals surface area contributed by atoms with Gasteiger partial charge in [-0.3, -0.25) is 0 Å². The van der Waals surface area contributed by atoms with Crippen LogP contribution in [0.5, 0.6) is 0 Å². The molecule has 2 amide bonds. The Kier molecular flexibility index (Phi) is 5.93. The van der Waals surface area contributed by atoms with Gasteiger partial charge in [0.25, 0.3) is 0 Å². The molecule has 0 aromatic heterocycles. The number of hydrogen-bond donors (Lipinski definition) is 2. The van der Waals surface area contributed by atoms with Crippen LogP contribution in [0.3, 0.4) is 0 Å². The predicted molar refractivity (Wildman–Crippen MR) is 69.5 cm³/mol.